The van der Waals surface area contributed by atoms with Crippen LogP contribution in [0.3, 0.4) is 0 Å². The average Bonchev–Trinajstić information content (AvgIpc) is 3.48. The Balaban J connectivity index is 3.96. The maximum Gasteiger partial charge on any atom is 0.306 e. The van der Waals surface area contributed by atoms with Crippen LogP contribution in [0, 0.1) is 0 Å². The summed E-state index contributed by atoms with van der Waals surface area (Å²) >= 11 is 0. The molecule has 0 saturated carbocycles. The van der Waals surface area contributed by atoms with Crippen LogP contribution in [0.25, 0.3) is 0 Å². The van der Waals surface area contributed by atoms with E-state index in [-0.39, 0.29) is 38.6 Å². The van der Waals surface area contributed by atoms with Gasteiger partial charge in [-0.1, -0.05) is 304 Å². The number of hydrogen-bond donors (Lipinski definition) is 0. The van der Waals surface area contributed by atoms with Crippen molar-refractivity contribution in [3.8, 4) is 0 Å². The van der Waals surface area contributed by atoms with E-state index in [4.69, 9.17) is 18.9 Å². The van der Waals surface area contributed by atoms with Crippen LogP contribution in [0.4, 0.5) is 0 Å². The number of hydrogen-bond acceptors (Lipinski definition) is 8. The van der Waals surface area contributed by atoms with Crippen LogP contribution in [0.2, 0.25) is 0 Å². The highest BCUT2D eigenvalue weighted by molar-refractivity contribution is 5.70. The smallest absolute Gasteiger partial charge is 0.306 e. The minimum atomic E-state index is -1.63. The number of rotatable bonds is 66. The third-order valence-electron chi connectivity index (χ3n) is 15.6. The molecule has 85 heavy (non-hydrogen) atoms. The minimum Gasteiger partial charge on any atom is -0.545 e. The zero-order chi connectivity index (χ0) is 61.9. The van der Waals surface area contributed by atoms with Gasteiger partial charge in [0.15, 0.2) is 12.4 Å². The fourth-order valence-electron chi connectivity index (χ4n) is 10.2. The lowest BCUT2D eigenvalue weighted by atomic mass is 10.0. The van der Waals surface area contributed by atoms with E-state index in [2.05, 4.69) is 98.9 Å². The van der Waals surface area contributed by atoms with Gasteiger partial charge in [-0.05, 0) is 89.9 Å². The number of ether oxygens (including phenoxy) is 4. The van der Waals surface area contributed by atoms with Crippen LogP contribution in [-0.4, -0.2) is 82.3 Å². The molecule has 0 heterocycles. The van der Waals surface area contributed by atoms with Crippen molar-refractivity contribution in [3.05, 3.63) is 85.1 Å². The Morgan fingerprint density at radius 2 is 0.671 bits per heavy atom. The molecular weight excluding hydrogens is 1050 g/mol. The van der Waals surface area contributed by atoms with E-state index in [9.17, 15) is 19.5 Å². The minimum absolute atomic E-state index is 0.143. The molecule has 0 fully saturated rings. The van der Waals surface area contributed by atoms with Crippen LogP contribution in [0.5, 0.6) is 0 Å². The van der Waals surface area contributed by atoms with E-state index < -0.39 is 24.3 Å². The number of allylic oxidation sites excluding steroid dienone is 14. The Kier molecular flexibility index (Phi) is 63.7. The normalized spacial score (nSPS) is 13.2. The molecule has 0 rings (SSSR count). The van der Waals surface area contributed by atoms with Crippen LogP contribution >= 0.6 is 0 Å². The van der Waals surface area contributed by atoms with Gasteiger partial charge in [-0.3, -0.25) is 9.59 Å². The van der Waals surface area contributed by atoms with Crippen molar-refractivity contribution in [1.82, 2.24) is 0 Å². The zero-order valence-electron chi connectivity index (χ0n) is 56.2. The van der Waals surface area contributed by atoms with Gasteiger partial charge in [0.05, 0.1) is 40.3 Å². The summed E-state index contributed by atoms with van der Waals surface area (Å²) in [5.41, 5.74) is 0. The number of likely N-dealkylation sites (N-methyl/N-ethyl adjacent to an activating group) is 1. The van der Waals surface area contributed by atoms with Crippen LogP contribution in [-0.2, 0) is 33.3 Å². The summed E-state index contributed by atoms with van der Waals surface area (Å²) < 4.78 is 22.8. The lowest BCUT2D eigenvalue weighted by Gasteiger charge is -2.26. The van der Waals surface area contributed by atoms with Gasteiger partial charge in [-0.2, -0.15) is 0 Å². The van der Waals surface area contributed by atoms with Crippen molar-refractivity contribution in [3.63, 3.8) is 0 Å². The standard InChI is InChI=1S/C76H135NO8/c1-6-8-10-12-14-16-18-20-22-24-26-27-28-29-30-31-32-33-34-35-36-37-38-39-40-41-42-43-44-45-46-47-49-50-52-54-56-58-60-62-64-66-73(78)83-70-72(71-84-76(75(80)81)82-69-68-77(3,4)5)85-74(79)67-65-63-61-59-57-55-53-51-48-25-23-21-19-17-15-13-11-9-7-2/h9,11,15,17-18,20-21,23-24,26,28-29,48,51,72,76H,6-8,10,12-14,16,19,22,25,27,30-47,49-50,52-71H2,1-5H3/b11-9-,17-15-,20-18-,23-21-,26-24-,29-28-,51-48-. The van der Waals surface area contributed by atoms with Crippen molar-refractivity contribution in [1.29, 1.82) is 0 Å². The van der Waals surface area contributed by atoms with Gasteiger partial charge in [0.25, 0.3) is 0 Å². The number of nitrogens with zero attached hydrogens (tertiary/aromatic N) is 1. The quantitative estimate of drug-likeness (QED) is 0.0195. The maximum atomic E-state index is 12.9. The Morgan fingerprint density at radius 1 is 0.365 bits per heavy atom. The molecule has 0 saturated heterocycles. The molecule has 492 valence electrons. The van der Waals surface area contributed by atoms with Crippen molar-refractivity contribution < 1.29 is 42.9 Å². The molecule has 2 unspecified atom stereocenters. The molecule has 0 spiro atoms. The summed E-state index contributed by atoms with van der Waals surface area (Å²) in [6, 6.07) is 0. The van der Waals surface area contributed by atoms with Crippen LogP contribution in [0.15, 0.2) is 85.1 Å². The molecule has 0 aliphatic rings. The van der Waals surface area contributed by atoms with E-state index in [1.807, 2.05) is 21.1 Å². The third-order valence-corrected chi connectivity index (χ3v) is 15.6. The molecule has 0 bridgehead atoms. The Bertz CT molecular complexity index is 1670. The second-order valence-corrected chi connectivity index (χ2v) is 25.1. The summed E-state index contributed by atoms with van der Waals surface area (Å²) in [5, 5.41) is 11.8. The van der Waals surface area contributed by atoms with Crippen LogP contribution in [0.1, 0.15) is 322 Å². The van der Waals surface area contributed by atoms with E-state index >= 15 is 0 Å². The van der Waals surface area contributed by atoms with Gasteiger partial charge in [0, 0.05) is 12.8 Å². The molecule has 0 aromatic rings. The number of carbonyl (C=O) groups excluding carboxylic acids is 3. The number of quaternary nitrogens is 1. The van der Waals surface area contributed by atoms with Gasteiger partial charge >= 0.3 is 11.9 Å². The SMILES string of the molecule is CC/C=C\C/C=C\C/C=C\C/C=C\CCCCCCCCC(=O)OC(COC(=O)CCCCCCCCCCCCCCCCCCCCCCCCCCCC/C=C\C/C=C\C/C=C\CCCCCCC)COC(OCC[N+](C)(C)C)C(=O)[O-]. The summed E-state index contributed by atoms with van der Waals surface area (Å²) in [6.45, 7) is 4.63. The summed E-state index contributed by atoms with van der Waals surface area (Å²) in [4.78, 5) is 37.4. The fraction of sp³-hybridized carbons (Fsp3) is 0.776. The second kappa shape index (κ2) is 66.4. The summed E-state index contributed by atoms with van der Waals surface area (Å²) in [6.07, 6.45) is 86.9. The lowest BCUT2D eigenvalue weighted by Crippen LogP contribution is -2.44. The van der Waals surface area contributed by atoms with Gasteiger partial charge in [0.1, 0.15) is 13.2 Å². The highest BCUT2D eigenvalue weighted by Crippen LogP contribution is 2.18. The molecule has 0 amide bonds. The molecule has 2 atom stereocenters. The van der Waals surface area contributed by atoms with Gasteiger partial charge in [0.2, 0.25) is 0 Å². The van der Waals surface area contributed by atoms with E-state index in [1.165, 1.54) is 193 Å². The van der Waals surface area contributed by atoms with Gasteiger partial charge in [-0.15, -0.1) is 0 Å². The Labute approximate surface area is 525 Å². The number of carbonyl (C=O) groups is 3. The first kappa shape index (κ1) is 81.5. The Morgan fingerprint density at radius 3 is 1.00 bits per heavy atom. The van der Waals surface area contributed by atoms with Crippen molar-refractivity contribution in [2.75, 3.05) is 47.5 Å². The molecule has 0 aliphatic heterocycles. The first-order valence-electron chi connectivity index (χ1n) is 35.7. The highest BCUT2D eigenvalue weighted by Gasteiger charge is 2.22. The fourth-order valence-corrected chi connectivity index (χ4v) is 10.2. The molecule has 0 aliphatic carbocycles. The predicted molar refractivity (Wildman–Crippen MR) is 361 cm³/mol. The van der Waals surface area contributed by atoms with E-state index in [0.29, 0.717) is 17.4 Å². The zero-order valence-corrected chi connectivity index (χ0v) is 56.2. The largest absolute Gasteiger partial charge is 0.545 e. The summed E-state index contributed by atoms with van der Waals surface area (Å²) in [7, 11) is 5.92. The number of carboxylic acid groups (broad SMARTS) is 1. The molecule has 0 N–H and O–H groups in total. The van der Waals surface area contributed by atoms with E-state index in [1.54, 1.807) is 0 Å². The first-order chi connectivity index (χ1) is 41.6. The lowest BCUT2D eigenvalue weighted by molar-refractivity contribution is -0.870. The monoisotopic (exact) mass is 1190 g/mol. The number of unbranched alkanes of at least 4 members (excludes halogenated alkanes) is 37. The molecule has 0 radical (unpaired) electrons. The number of esters is 2. The van der Waals surface area contributed by atoms with Crippen molar-refractivity contribution >= 4 is 17.9 Å². The van der Waals surface area contributed by atoms with Crippen molar-refractivity contribution in [2.45, 2.75) is 334 Å². The van der Waals surface area contributed by atoms with Gasteiger partial charge < -0.3 is 33.3 Å². The topological polar surface area (TPSA) is 111 Å². The van der Waals surface area contributed by atoms with Crippen molar-refractivity contribution in [2.24, 2.45) is 0 Å². The molecule has 0 aromatic heterocycles. The van der Waals surface area contributed by atoms with Gasteiger partial charge in [-0.25, -0.2) is 0 Å². The Hall–Kier alpha value is -3.53. The highest BCUT2D eigenvalue weighted by atomic mass is 16.7. The first-order valence-corrected chi connectivity index (χ1v) is 35.7. The third kappa shape index (κ3) is 67.8. The molecule has 9 heteroatoms. The number of aliphatic carboxylic acids is 1. The molecule has 9 nitrogen and oxygen atoms in total. The molecular formula is C76H135NO8. The van der Waals surface area contributed by atoms with Crippen LogP contribution < -0.4 is 5.11 Å². The maximum absolute atomic E-state index is 12.9. The average molecular weight is 1190 g/mol. The predicted octanol–water partition coefficient (Wildman–Crippen LogP) is 20.9. The summed E-state index contributed by atoms with van der Waals surface area (Å²) in [5.74, 6) is -2.29. The second-order valence-electron chi connectivity index (χ2n) is 25.1. The number of carboxylic acids is 1. The van der Waals surface area contributed by atoms with E-state index in [0.717, 1.165) is 96.3 Å². The molecule has 0 aromatic carbocycles.